The molecule has 0 aromatic carbocycles. The highest BCUT2D eigenvalue weighted by molar-refractivity contribution is 7.47. The zero-order chi connectivity index (χ0) is 48.0. The number of phosphoric ester groups is 1. The molecule has 0 amide bonds. The number of rotatable bonds is 53. The van der Waals surface area contributed by atoms with Gasteiger partial charge in [0.25, 0.3) is 0 Å². The number of carbonyl (C=O) groups excluding carboxylic acids is 1. The van der Waals surface area contributed by atoms with Crippen LogP contribution in [-0.2, 0) is 27.9 Å². The fourth-order valence-electron chi connectivity index (χ4n) is 7.91. The van der Waals surface area contributed by atoms with Crippen LogP contribution in [0.4, 0.5) is 0 Å². The summed E-state index contributed by atoms with van der Waals surface area (Å²) in [4.78, 5) is 22.7. The molecular weight excluding hydrogens is 842 g/mol. The van der Waals surface area contributed by atoms with Crippen LogP contribution in [0.1, 0.15) is 258 Å². The van der Waals surface area contributed by atoms with Crippen LogP contribution >= 0.6 is 7.82 Å². The van der Waals surface area contributed by atoms with Crippen LogP contribution < -0.4 is 5.73 Å². The van der Waals surface area contributed by atoms with Crippen molar-refractivity contribution in [3.8, 4) is 0 Å². The van der Waals surface area contributed by atoms with E-state index in [2.05, 4.69) is 74.6 Å². The summed E-state index contributed by atoms with van der Waals surface area (Å²) in [5.41, 5.74) is 5.40. The summed E-state index contributed by atoms with van der Waals surface area (Å²) < 4.78 is 33.7. The van der Waals surface area contributed by atoms with Crippen molar-refractivity contribution in [3.63, 3.8) is 0 Å². The topological polar surface area (TPSA) is 117 Å². The fraction of sp³-hybridized carbons (Fsp3) is 0.807. The number of hydrogen-bond acceptors (Lipinski definition) is 7. The van der Waals surface area contributed by atoms with Crippen LogP contribution in [0.2, 0.25) is 0 Å². The third-order valence-corrected chi connectivity index (χ3v) is 12.9. The van der Waals surface area contributed by atoms with Gasteiger partial charge in [0.2, 0.25) is 0 Å². The molecule has 9 heteroatoms. The molecule has 0 aromatic rings. The van der Waals surface area contributed by atoms with Gasteiger partial charge in [-0.2, -0.15) is 0 Å². The van der Waals surface area contributed by atoms with Crippen molar-refractivity contribution in [1.29, 1.82) is 0 Å². The summed E-state index contributed by atoms with van der Waals surface area (Å²) in [6.45, 7) is 4.83. The minimum atomic E-state index is -4.29. The van der Waals surface area contributed by atoms with Crippen LogP contribution in [-0.4, -0.2) is 49.9 Å². The second-order valence-electron chi connectivity index (χ2n) is 18.4. The predicted molar refractivity (Wildman–Crippen MR) is 284 cm³/mol. The number of esters is 1. The van der Waals surface area contributed by atoms with Crippen molar-refractivity contribution < 1.29 is 32.8 Å². The average Bonchev–Trinajstić information content (AvgIpc) is 3.31. The molecule has 8 nitrogen and oxygen atoms in total. The van der Waals surface area contributed by atoms with Crippen molar-refractivity contribution in [2.24, 2.45) is 5.73 Å². The molecule has 0 saturated carbocycles. The molecule has 0 heterocycles. The van der Waals surface area contributed by atoms with E-state index >= 15 is 0 Å². The number of hydrogen-bond donors (Lipinski definition) is 2. The van der Waals surface area contributed by atoms with Gasteiger partial charge in [-0.15, -0.1) is 0 Å². The highest BCUT2D eigenvalue weighted by atomic mass is 31.2. The molecule has 0 aromatic heterocycles. The molecule has 0 rings (SSSR count). The Balaban J connectivity index is 3.91. The van der Waals surface area contributed by atoms with Crippen LogP contribution in [0.25, 0.3) is 0 Å². The Labute approximate surface area is 408 Å². The molecule has 0 saturated heterocycles. The quantitative estimate of drug-likeness (QED) is 0.0268. The molecule has 386 valence electrons. The van der Waals surface area contributed by atoms with Gasteiger partial charge in [0, 0.05) is 19.6 Å². The first-order valence-electron chi connectivity index (χ1n) is 27.8. The Morgan fingerprint density at radius 2 is 0.848 bits per heavy atom. The molecule has 0 spiro atoms. The SMILES string of the molecule is CC/C=C\C/C=C\C/C=C\C/C=C\C/C=C\CCCCCCCCCCOCC(COP(=O)(O)OCCN)OC(=O)CCCCCCCCCCCCCCCCCCCCCCCCC. The van der Waals surface area contributed by atoms with E-state index < -0.39 is 13.9 Å². The summed E-state index contributed by atoms with van der Waals surface area (Å²) in [6.07, 6.45) is 68.4. The average molecular weight is 948 g/mol. The van der Waals surface area contributed by atoms with E-state index in [1.54, 1.807) is 0 Å². The maximum Gasteiger partial charge on any atom is 0.472 e. The monoisotopic (exact) mass is 948 g/mol. The standard InChI is InChI=1S/C57H106NO7P/c1-3-5-7-9-11-13-15-17-19-21-23-25-27-29-31-33-35-37-39-41-43-45-47-49-52-62-54-56(55-64-66(60,61)63-53-51-58)65-57(59)50-48-46-44-42-40-38-36-34-32-30-28-26-24-22-20-18-16-14-12-10-8-6-4-2/h5,7,11,13,17,19,23,25,29,31,56H,3-4,6,8-10,12,14-16,18,20-22,24,26-28,30,32-55,58H2,1-2H3,(H,60,61)/b7-5-,13-11-,19-17-,25-23-,31-29-. The lowest BCUT2D eigenvalue weighted by Gasteiger charge is -2.20. The van der Waals surface area contributed by atoms with E-state index in [4.69, 9.17) is 24.3 Å². The molecule has 3 N–H and O–H groups in total. The minimum absolute atomic E-state index is 0.0978. The molecule has 0 aliphatic heterocycles. The van der Waals surface area contributed by atoms with Gasteiger partial charge in [0.15, 0.2) is 0 Å². The number of ether oxygens (including phenoxy) is 2. The van der Waals surface area contributed by atoms with Gasteiger partial charge >= 0.3 is 13.8 Å². The molecule has 66 heavy (non-hydrogen) atoms. The number of phosphoric acid groups is 1. The van der Waals surface area contributed by atoms with Crippen molar-refractivity contribution in [3.05, 3.63) is 60.8 Å². The van der Waals surface area contributed by atoms with Gasteiger partial charge < -0.3 is 20.1 Å². The Hall–Kier alpha value is -1.80. The Bertz CT molecular complexity index is 1200. The summed E-state index contributed by atoms with van der Waals surface area (Å²) in [6, 6.07) is 0. The van der Waals surface area contributed by atoms with E-state index in [0.717, 1.165) is 70.6 Å². The maximum atomic E-state index is 12.7. The Morgan fingerprint density at radius 3 is 1.27 bits per heavy atom. The lowest BCUT2D eigenvalue weighted by molar-refractivity contribution is -0.154. The highest BCUT2D eigenvalue weighted by Gasteiger charge is 2.25. The summed E-state index contributed by atoms with van der Waals surface area (Å²) in [7, 11) is -4.29. The van der Waals surface area contributed by atoms with Gasteiger partial charge in [-0.05, 0) is 57.8 Å². The number of unbranched alkanes of at least 4 members (excludes halogenated alkanes) is 30. The maximum absolute atomic E-state index is 12.7. The second-order valence-corrected chi connectivity index (χ2v) is 19.9. The number of allylic oxidation sites excluding steroid dienone is 10. The Morgan fingerprint density at radius 1 is 0.470 bits per heavy atom. The fourth-order valence-corrected chi connectivity index (χ4v) is 8.67. The van der Waals surface area contributed by atoms with Gasteiger partial charge in [-0.25, -0.2) is 4.57 Å². The van der Waals surface area contributed by atoms with Gasteiger partial charge in [0.05, 0.1) is 19.8 Å². The third kappa shape index (κ3) is 53.2. The lowest BCUT2D eigenvalue weighted by atomic mass is 10.0. The molecule has 0 bridgehead atoms. The minimum Gasteiger partial charge on any atom is -0.457 e. The van der Waals surface area contributed by atoms with Crippen molar-refractivity contribution in [2.75, 3.05) is 33.0 Å². The number of carbonyl (C=O) groups is 1. The van der Waals surface area contributed by atoms with E-state index in [0.29, 0.717) is 13.0 Å². The van der Waals surface area contributed by atoms with Crippen LogP contribution in [0.5, 0.6) is 0 Å². The summed E-state index contributed by atoms with van der Waals surface area (Å²) in [5, 5.41) is 0. The van der Waals surface area contributed by atoms with Crippen LogP contribution in [0, 0.1) is 0 Å². The van der Waals surface area contributed by atoms with Crippen LogP contribution in [0.3, 0.4) is 0 Å². The van der Waals surface area contributed by atoms with Gasteiger partial charge in [-0.1, -0.05) is 254 Å². The van der Waals surface area contributed by atoms with Gasteiger partial charge in [-0.3, -0.25) is 13.8 Å². The smallest absolute Gasteiger partial charge is 0.457 e. The molecule has 2 unspecified atom stereocenters. The van der Waals surface area contributed by atoms with Crippen molar-refractivity contribution in [2.45, 2.75) is 264 Å². The van der Waals surface area contributed by atoms with E-state index in [1.807, 2.05) is 0 Å². The van der Waals surface area contributed by atoms with Crippen molar-refractivity contribution in [1.82, 2.24) is 0 Å². The van der Waals surface area contributed by atoms with E-state index in [-0.39, 0.29) is 32.3 Å². The van der Waals surface area contributed by atoms with E-state index in [1.165, 1.54) is 167 Å². The summed E-state index contributed by atoms with van der Waals surface area (Å²) >= 11 is 0. The molecule has 0 radical (unpaired) electrons. The van der Waals surface area contributed by atoms with Gasteiger partial charge in [0.1, 0.15) is 6.10 Å². The lowest BCUT2D eigenvalue weighted by Crippen LogP contribution is -2.28. The van der Waals surface area contributed by atoms with E-state index in [9.17, 15) is 14.3 Å². The van der Waals surface area contributed by atoms with Crippen LogP contribution in [0.15, 0.2) is 60.8 Å². The number of nitrogens with two attached hydrogens (primary N) is 1. The third-order valence-electron chi connectivity index (χ3n) is 11.9. The molecular formula is C57H106NO7P. The predicted octanol–water partition coefficient (Wildman–Crippen LogP) is 17.7. The first-order valence-corrected chi connectivity index (χ1v) is 29.3. The normalized spacial score (nSPS) is 13.7. The largest absolute Gasteiger partial charge is 0.472 e. The first kappa shape index (κ1) is 64.2. The molecule has 2 atom stereocenters. The molecule has 0 aliphatic rings. The first-order chi connectivity index (χ1) is 32.4. The summed E-state index contributed by atoms with van der Waals surface area (Å²) in [5.74, 6) is -0.329. The Kier molecular flexibility index (Phi) is 52.7. The highest BCUT2D eigenvalue weighted by Crippen LogP contribution is 2.43. The molecule has 0 fully saturated rings. The zero-order valence-corrected chi connectivity index (χ0v) is 44.1. The second kappa shape index (κ2) is 54.1. The zero-order valence-electron chi connectivity index (χ0n) is 43.2. The molecule has 0 aliphatic carbocycles. The van der Waals surface area contributed by atoms with Crippen molar-refractivity contribution >= 4 is 13.8 Å².